The van der Waals surface area contributed by atoms with Crippen molar-refractivity contribution in [2.45, 2.75) is 126 Å². The fraction of sp³-hybridized carbons (Fsp3) is 0.857. The molecule has 1 aromatic heterocycles. The molecule has 8 atom stereocenters. The van der Waals surface area contributed by atoms with Gasteiger partial charge in [0.25, 0.3) is 0 Å². The number of anilines is 3. The largest absolute Gasteiger partial charge is 0.396 e. The molecule has 1 aromatic rings. The fourth-order valence-electron chi connectivity index (χ4n) is 6.26. The molecule has 2 saturated carbocycles. The first-order chi connectivity index (χ1) is 20.0. The van der Waals surface area contributed by atoms with E-state index in [2.05, 4.69) is 17.6 Å². The van der Waals surface area contributed by atoms with Crippen LogP contribution < -0.4 is 16.4 Å². The maximum atomic E-state index is 9.32. The van der Waals surface area contributed by atoms with Gasteiger partial charge in [0.2, 0.25) is 0 Å². The van der Waals surface area contributed by atoms with E-state index in [-0.39, 0.29) is 68.5 Å². The Morgan fingerprint density at radius 3 is 1.81 bits per heavy atom. The van der Waals surface area contributed by atoms with Crippen molar-refractivity contribution in [3.8, 4) is 0 Å². The maximum absolute atomic E-state index is 9.32. The molecule has 0 spiro atoms. The van der Waals surface area contributed by atoms with Crippen LogP contribution in [0.5, 0.6) is 0 Å². The second-order valence-corrected chi connectivity index (χ2v) is 13.2. The SMILES string of the molecule is CCCSc1nc(N[C@@H]2C[C@H](OCCO)[C@H]3OC(C)(C)O[C@H]32)c(N)c(N[C@@H]2C[C@H](OCCCO)[C@H]3OC(C)(C)O[C@H]32)n1. The summed E-state index contributed by atoms with van der Waals surface area (Å²) in [4.78, 5) is 9.60. The zero-order chi connectivity index (χ0) is 30.1. The number of aliphatic hydroxyl groups is 2. The molecule has 42 heavy (non-hydrogen) atoms. The highest BCUT2D eigenvalue weighted by Crippen LogP contribution is 2.43. The van der Waals surface area contributed by atoms with E-state index in [1.54, 1.807) is 11.8 Å². The third-order valence-corrected chi connectivity index (χ3v) is 8.94. The van der Waals surface area contributed by atoms with E-state index in [0.717, 1.165) is 12.2 Å². The normalized spacial score (nSPS) is 34.5. The molecule has 5 rings (SSSR count). The van der Waals surface area contributed by atoms with E-state index in [4.69, 9.17) is 44.1 Å². The van der Waals surface area contributed by atoms with Crippen LogP contribution in [-0.2, 0) is 28.4 Å². The van der Waals surface area contributed by atoms with Crippen molar-refractivity contribution >= 4 is 29.1 Å². The maximum Gasteiger partial charge on any atom is 0.191 e. The molecule has 238 valence electrons. The van der Waals surface area contributed by atoms with Crippen LogP contribution in [0, 0.1) is 0 Å². The number of hydrogen-bond acceptors (Lipinski definition) is 14. The highest BCUT2D eigenvalue weighted by molar-refractivity contribution is 7.99. The van der Waals surface area contributed by atoms with Gasteiger partial charge in [-0.05, 0) is 53.4 Å². The predicted octanol–water partition coefficient (Wildman–Crippen LogP) is 2.11. The Labute approximate surface area is 251 Å². The van der Waals surface area contributed by atoms with Gasteiger partial charge in [0.1, 0.15) is 30.1 Å². The Hall–Kier alpha value is -1.49. The van der Waals surface area contributed by atoms with Crippen molar-refractivity contribution in [2.24, 2.45) is 0 Å². The van der Waals surface area contributed by atoms with Crippen molar-refractivity contribution in [2.75, 3.05) is 48.5 Å². The molecule has 13 nitrogen and oxygen atoms in total. The van der Waals surface area contributed by atoms with Crippen LogP contribution in [0.2, 0.25) is 0 Å². The van der Waals surface area contributed by atoms with E-state index in [9.17, 15) is 10.2 Å². The average molecular weight is 614 g/mol. The number of hydrogen-bond donors (Lipinski definition) is 5. The molecule has 0 aromatic carbocycles. The predicted molar refractivity (Wildman–Crippen MR) is 157 cm³/mol. The summed E-state index contributed by atoms with van der Waals surface area (Å²) in [6.45, 7) is 10.4. The van der Waals surface area contributed by atoms with Crippen LogP contribution in [0.4, 0.5) is 17.3 Å². The highest BCUT2D eigenvalue weighted by atomic mass is 32.2. The van der Waals surface area contributed by atoms with Crippen molar-refractivity contribution in [1.29, 1.82) is 0 Å². The van der Waals surface area contributed by atoms with Crippen LogP contribution in [0.3, 0.4) is 0 Å². The van der Waals surface area contributed by atoms with Gasteiger partial charge >= 0.3 is 0 Å². The third kappa shape index (κ3) is 7.08. The molecule has 0 amide bonds. The van der Waals surface area contributed by atoms with Gasteiger partial charge in [-0.1, -0.05) is 18.7 Å². The molecular formula is C28H47N5O8S. The molecule has 0 bridgehead atoms. The summed E-state index contributed by atoms with van der Waals surface area (Å²) in [6.07, 6.45) is 1.28. The van der Waals surface area contributed by atoms with Crippen LogP contribution in [-0.4, -0.2) is 113 Å². The van der Waals surface area contributed by atoms with E-state index >= 15 is 0 Å². The van der Waals surface area contributed by atoms with Gasteiger partial charge in [0.05, 0.1) is 37.5 Å². The Morgan fingerprint density at radius 2 is 1.33 bits per heavy atom. The molecular weight excluding hydrogens is 566 g/mol. The molecule has 4 fully saturated rings. The molecule has 6 N–H and O–H groups in total. The molecule has 4 aliphatic rings. The lowest BCUT2D eigenvalue weighted by Crippen LogP contribution is -2.36. The average Bonchev–Trinajstić information content (AvgIpc) is 3.62. The topological polar surface area (TPSA) is 172 Å². The number of rotatable bonds is 14. The summed E-state index contributed by atoms with van der Waals surface area (Å²) in [5.41, 5.74) is 7.13. The number of aromatic nitrogens is 2. The van der Waals surface area contributed by atoms with E-state index in [1.165, 1.54) is 0 Å². The molecule has 14 heteroatoms. The molecule has 0 unspecified atom stereocenters. The summed E-state index contributed by atoms with van der Waals surface area (Å²) in [5, 5.41) is 26.2. The Bertz CT molecular complexity index is 1070. The van der Waals surface area contributed by atoms with E-state index < -0.39 is 11.6 Å². The first-order valence-corrected chi connectivity index (χ1v) is 16.0. The second kappa shape index (κ2) is 13.2. The lowest BCUT2D eigenvalue weighted by molar-refractivity contribution is -0.167. The number of fused-ring (bicyclic) bond motifs is 2. The Balaban J connectivity index is 1.37. The minimum atomic E-state index is -0.755. The van der Waals surface area contributed by atoms with E-state index in [0.29, 0.717) is 48.3 Å². The smallest absolute Gasteiger partial charge is 0.191 e. The molecule has 2 saturated heterocycles. The van der Waals surface area contributed by atoms with Crippen LogP contribution in [0.15, 0.2) is 5.16 Å². The zero-order valence-electron chi connectivity index (χ0n) is 25.2. The fourth-order valence-corrected chi connectivity index (χ4v) is 6.96. The summed E-state index contributed by atoms with van der Waals surface area (Å²) in [6, 6.07) is -0.341. The summed E-state index contributed by atoms with van der Waals surface area (Å²) in [7, 11) is 0. The quantitative estimate of drug-likeness (QED) is 0.117. The standard InChI is InChI=1S/C28H47N5O8S/c1-6-12-42-26-32-24(30-15-13-17(36-10-7-8-34)22-20(15)38-27(2,3)40-22)19(29)25(33-26)31-16-14-18(37-11-9-35)23-21(16)39-28(4,5)41-23/h15-18,20-23,34-35H,6-14,29H2,1-5H3,(H2,30,31,32,33)/t15-,16-,17+,18+,20+,21+,22-,23-/m1/s1. The number of nitrogens with one attached hydrogen (secondary N) is 2. The number of nitrogens with two attached hydrogens (primary N) is 1. The number of nitrogens with zero attached hydrogens (tertiary/aromatic N) is 2. The van der Waals surface area contributed by atoms with Gasteiger partial charge in [0.15, 0.2) is 28.4 Å². The second-order valence-electron chi connectivity index (χ2n) is 12.2. The van der Waals surface area contributed by atoms with Crippen LogP contribution in [0.25, 0.3) is 0 Å². The highest BCUT2D eigenvalue weighted by Gasteiger charge is 2.56. The first-order valence-electron chi connectivity index (χ1n) is 15.0. The monoisotopic (exact) mass is 613 g/mol. The summed E-state index contributed by atoms with van der Waals surface area (Å²) < 4.78 is 37.0. The van der Waals surface area contributed by atoms with Crippen molar-refractivity contribution in [3.63, 3.8) is 0 Å². The zero-order valence-corrected chi connectivity index (χ0v) is 26.0. The van der Waals surface area contributed by atoms with Crippen LogP contribution in [0.1, 0.15) is 60.3 Å². The molecule has 3 heterocycles. The number of nitrogen functional groups attached to an aromatic ring is 1. The number of aliphatic hydroxyl groups excluding tert-OH is 2. The van der Waals surface area contributed by atoms with Gasteiger partial charge in [-0.3, -0.25) is 0 Å². The Morgan fingerprint density at radius 1 is 0.833 bits per heavy atom. The Kier molecular flexibility index (Phi) is 10.1. The lowest BCUT2D eigenvalue weighted by Gasteiger charge is -2.26. The van der Waals surface area contributed by atoms with Gasteiger partial charge in [-0.2, -0.15) is 0 Å². The molecule has 0 radical (unpaired) electrons. The number of thioether (sulfide) groups is 1. The third-order valence-electron chi connectivity index (χ3n) is 7.89. The van der Waals surface area contributed by atoms with Gasteiger partial charge in [-0.15, -0.1) is 0 Å². The van der Waals surface area contributed by atoms with Gasteiger partial charge in [0, 0.05) is 19.0 Å². The minimum Gasteiger partial charge on any atom is -0.396 e. The van der Waals surface area contributed by atoms with Crippen molar-refractivity contribution < 1.29 is 38.6 Å². The van der Waals surface area contributed by atoms with Gasteiger partial charge < -0.3 is 55.0 Å². The number of ether oxygens (including phenoxy) is 6. The van der Waals surface area contributed by atoms with Crippen LogP contribution >= 0.6 is 11.8 Å². The van der Waals surface area contributed by atoms with Crippen molar-refractivity contribution in [3.05, 3.63) is 0 Å². The lowest BCUT2D eigenvalue weighted by atomic mass is 10.2. The van der Waals surface area contributed by atoms with Crippen molar-refractivity contribution in [1.82, 2.24) is 9.97 Å². The molecule has 2 aliphatic carbocycles. The minimum absolute atomic E-state index is 0.0651. The van der Waals surface area contributed by atoms with E-state index in [1.807, 2.05) is 27.7 Å². The first kappa shape index (κ1) is 31.9. The van der Waals surface area contributed by atoms with Gasteiger partial charge in [-0.25, -0.2) is 9.97 Å². The molecule has 2 aliphatic heterocycles. The summed E-state index contributed by atoms with van der Waals surface area (Å²) in [5.74, 6) is 0.393. The summed E-state index contributed by atoms with van der Waals surface area (Å²) >= 11 is 1.57.